The van der Waals surface area contributed by atoms with Crippen molar-refractivity contribution in [3.8, 4) is 5.88 Å². The van der Waals surface area contributed by atoms with Gasteiger partial charge in [-0.2, -0.15) is 4.98 Å². The van der Waals surface area contributed by atoms with Crippen LogP contribution >= 0.6 is 0 Å². The number of hydrogen-bond donors (Lipinski definition) is 2. The first kappa shape index (κ1) is 18.5. The molecule has 1 aromatic heterocycles. The van der Waals surface area contributed by atoms with E-state index in [0.717, 1.165) is 31.6 Å². The van der Waals surface area contributed by atoms with Crippen molar-refractivity contribution >= 4 is 11.5 Å². The van der Waals surface area contributed by atoms with Gasteiger partial charge in [-0.05, 0) is 12.8 Å². The summed E-state index contributed by atoms with van der Waals surface area (Å²) in [7, 11) is 0. The first-order chi connectivity index (χ1) is 9.71. The van der Waals surface area contributed by atoms with Crippen LogP contribution < -0.4 is 21.1 Å². The molecule has 0 bridgehead atoms. The Kier molecular flexibility index (Phi) is 10.5. The highest BCUT2D eigenvalue weighted by Crippen LogP contribution is 2.22. The maximum absolute atomic E-state index is 5.81. The van der Waals surface area contributed by atoms with Gasteiger partial charge in [0.15, 0.2) is 0 Å². The molecule has 1 heterocycles. The number of nitrogens with two attached hydrogens (primary N) is 2. The highest BCUT2D eigenvalue weighted by atomic mass is 16.5. The number of pyridine rings is 1. The third-order valence-electron chi connectivity index (χ3n) is 2.53. The van der Waals surface area contributed by atoms with E-state index in [-0.39, 0.29) is 0 Å². The molecule has 0 radical (unpaired) electrons. The number of aromatic nitrogens is 1. The number of ether oxygens (including phenoxy) is 1. The molecule has 0 aliphatic rings. The van der Waals surface area contributed by atoms with E-state index < -0.39 is 0 Å². The van der Waals surface area contributed by atoms with Crippen LogP contribution in [0.3, 0.4) is 0 Å². The molecule has 4 N–H and O–H groups in total. The van der Waals surface area contributed by atoms with Gasteiger partial charge in [0.05, 0.1) is 0 Å². The lowest BCUT2D eigenvalue weighted by Gasteiger charge is -2.24. The van der Waals surface area contributed by atoms with Gasteiger partial charge in [-0.15, -0.1) is 0 Å². The van der Waals surface area contributed by atoms with E-state index in [0.29, 0.717) is 24.8 Å². The first-order valence-electron chi connectivity index (χ1n) is 7.56. The fourth-order valence-electron chi connectivity index (χ4n) is 1.84. The minimum atomic E-state index is 0.456. The lowest BCUT2D eigenvalue weighted by atomic mass is 10.3. The van der Waals surface area contributed by atoms with Crippen molar-refractivity contribution in [2.75, 3.05) is 36.9 Å². The van der Waals surface area contributed by atoms with Crippen LogP contribution in [0, 0.1) is 0 Å². The predicted molar refractivity (Wildman–Crippen MR) is 87.3 cm³/mol. The van der Waals surface area contributed by atoms with Crippen LogP contribution in [0.1, 0.15) is 40.5 Å². The van der Waals surface area contributed by atoms with Crippen LogP contribution in [0.5, 0.6) is 5.88 Å². The van der Waals surface area contributed by atoms with E-state index in [2.05, 4.69) is 23.7 Å². The first-order valence-corrected chi connectivity index (χ1v) is 7.56. The predicted octanol–water partition coefficient (Wildman–Crippen LogP) is 2.65. The normalized spacial score (nSPS) is 9.65. The lowest BCUT2D eigenvalue weighted by Crippen LogP contribution is -2.25. The molecule has 1 aromatic rings. The van der Waals surface area contributed by atoms with Crippen molar-refractivity contribution < 1.29 is 4.74 Å². The molecule has 5 nitrogen and oxygen atoms in total. The highest BCUT2D eigenvalue weighted by molar-refractivity contribution is 5.55. The van der Waals surface area contributed by atoms with Crippen molar-refractivity contribution in [3.05, 3.63) is 12.1 Å². The number of hydrogen-bond acceptors (Lipinski definition) is 5. The molecule has 0 spiro atoms. The molecule has 20 heavy (non-hydrogen) atoms. The monoisotopic (exact) mass is 282 g/mol. The van der Waals surface area contributed by atoms with Gasteiger partial charge in [0.1, 0.15) is 12.4 Å². The van der Waals surface area contributed by atoms with E-state index in [1.54, 1.807) is 0 Å². The summed E-state index contributed by atoms with van der Waals surface area (Å²) >= 11 is 0. The number of nitrogen functional groups attached to an aromatic ring is 1. The standard InChI is InChI=1S/C13H24N4O.C2H6/c1-3-6-17(7-4-2)11-9-12(15)16-13(10-11)18-8-5-14;1-2/h9-10H,3-8,14H2,1-2H3,(H2,15,16);1-2H3. The average molecular weight is 282 g/mol. The van der Waals surface area contributed by atoms with Crippen LogP contribution in [0.25, 0.3) is 0 Å². The van der Waals surface area contributed by atoms with Crippen molar-refractivity contribution in [1.82, 2.24) is 4.98 Å². The Hall–Kier alpha value is -1.49. The Balaban J connectivity index is 0.00000172. The van der Waals surface area contributed by atoms with E-state index in [9.17, 15) is 0 Å². The van der Waals surface area contributed by atoms with E-state index >= 15 is 0 Å². The second-order valence-corrected chi connectivity index (χ2v) is 4.21. The third-order valence-corrected chi connectivity index (χ3v) is 2.53. The Bertz CT molecular complexity index is 352. The minimum absolute atomic E-state index is 0.456. The Morgan fingerprint density at radius 3 is 2.25 bits per heavy atom. The van der Waals surface area contributed by atoms with Crippen molar-refractivity contribution in [1.29, 1.82) is 0 Å². The van der Waals surface area contributed by atoms with Gasteiger partial charge < -0.3 is 21.1 Å². The summed E-state index contributed by atoms with van der Waals surface area (Å²) in [6.45, 7) is 11.3. The summed E-state index contributed by atoms with van der Waals surface area (Å²) in [5, 5.41) is 0. The Labute approximate surface area is 123 Å². The quantitative estimate of drug-likeness (QED) is 0.766. The fourth-order valence-corrected chi connectivity index (χ4v) is 1.84. The summed E-state index contributed by atoms with van der Waals surface area (Å²) in [4.78, 5) is 6.45. The molecular weight excluding hydrogens is 252 g/mol. The summed E-state index contributed by atoms with van der Waals surface area (Å²) in [5.41, 5.74) is 12.3. The van der Waals surface area contributed by atoms with Gasteiger partial charge in [0.2, 0.25) is 5.88 Å². The van der Waals surface area contributed by atoms with Crippen LogP contribution in [-0.2, 0) is 0 Å². The van der Waals surface area contributed by atoms with Gasteiger partial charge in [-0.25, -0.2) is 0 Å². The average Bonchev–Trinajstić information content (AvgIpc) is 2.46. The van der Waals surface area contributed by atoms with Crippen molar-refractivity contribution in [2.24, 2.45) is 5.73 Å². The second kappa shape index (κ2) is 11.3. The molecule has 0 aliphatic heterocycles. The van der Waals surface area contributed by atoms with Gasteiger partial charge in [0.25, 0.3) is 0 Å². The summed E-state index contributed by atoms with van der Waals surface area (Å²) in [6.07, 6.45) is 2.20. The molecule has 0 fully saturated rings. The maximum Gasteiger partial charge on any atom is 0.217 e. The minimum Gasteiger partial charge on any atom is -0.476 e. The SMILES string of the molecule is CC.CCCN(CCC)c1cc(N)nc(OCCN)c1. The molecule has 0 saturated heterocycles. The smallest absolute Gasteiger partial charge is 0.217 e. The van der Waals surface area contributed by atoms with Gasteiger partial charge in [-0.3, -0.25) is 0 Å². The molecular formula is C15H30N4O. The van der Waals surface area contributed by atoms with E-state index in [1.165, 1.54) is 0 Å². The van der Waals surface area contributed by atoms with E-state index in [1.807, 2.05) is 26.0 Å². The zero-order chi connectivity index (χ0) is 15.4. The molecule has 5 heteroatoms. The topological polar surface area (TPSA) is 77.4 Å². The molecule has 116 valence electrons. The van der Waals surface area contributed by atoms with Gasteiger partial charge >= 0.3 is 0 Å². The molecule has 0 saturated carbocycles. The zero-order valence-electron chi connectivity index (χ0n) is 13.4. The Morgan fingerprint density at radius 1 is 1.15 bits per heavy atom. The zero-order valence-corrected chi connectivity index (χ0v) is 13.4. The van der Waals surface area contributed by atoms with Gasteiger partial charge in [-0.1, -0.05) is 27.7 Å². The summed E-state index contributed by atoms with van der Waals surface area (Å²) in [6, 6.07) is 3.82. The lowest BCUT2D eigenvalue weighted by molar-refractivity contribution is 0.316. The molecule has 0 amide bonds. The maximum atomic E-state index is 5.81. The largest absolute Gasteiger partial charge is 0.476 e. The third kappa shape index (κ3) is 6.61. The van der Waals surface area contributed by atoms with Crippen LogP contribution in [0.4, 0.5) is 11.5 Å². The Morgan fingerprint density at radius 2 is 1.75 bits per heavy atom. The van der Waals surface area contributed by atoms with Crippen LogP contribution in [0.2, 0.25) is 0 Å². The molecule has 1 rings (SSSR count). The number of anilines is 2. The molecule has 0 atom stereocenters. The second-order valence-electron chi connectivity index (χ2n) is 4.21. The highest BCUT2D eigenvalue weighted by Gasteiger charge is 2.08. The molecule has 0 aliphatic carbocycles. The number of rotatable bonds is 8. The van der Waals surface area contributed by atoms with Crippen molar-refractivity contribution in [3.63, 3.8) is 0 Å². The van der Waals surface area contributed by atoms with Crippen LogP contribution in [0.15, 0.2) is 12.1 Å². The van der Waals surface area contributed by atoms with Crippen LogP contribution in [-0.4, -0.2) is 31.2 Å². The summed E-state index contributed by atoms with van der Waals surface area (Å²) < 4.78 is 5.44. The van der Waals surface area contributed by atoms with E-state index in [4.69, 9.17) is 16.2 Å². The summed E-state index contributed by atoms with van der Waals surface area (Å²) in [5.74, 6) is 1.03. The number of nitrogens with zero attached hydrogens (tertiary/aromatic N) is 2. The van der Waals surface area contributed by atoms with Gasteiger partial charge in [0, 0.05) is 37.5 Å². The molecule has 0 unspecified atom stereocenters. The molecule has 0 aromatic carbocycles. The fraction of sp³-hybridized carbons (Fsp3) is 0.667. The van der Waals surface area contributed by atoms with Crippen molar-refractivity contribution in [2.45, 2.75) is 40.5 Å².